The summed E-state index contributed by atoms with van der Waals surface area (Å²) in [5, 5.41) is 11.6. The molecule has 1 aliphatic heterocycles. The fourth-order valence-electron chi connectivity index (χ4n) is 4.40. The lowest BCUT2D eigenvalue weighted by Gasteiger charge is -2.24. The third kappa shape index (κ3) is 4.38. The first-order valence-electron chi connectivity index (χ1n) is 11.7. The van der Waals surface area contributed by atoms with Gasteiger partial charge < -0.3 is 9.84 Å². The van der Waals surface area contributed by atoms with Crippen LogP contribution in [0.2, 0.25) is 0 Å². The van der Waals surface area contributed by atoms with Crippen molar-refractivity contribution in [3.05, 3.63) is 94.8 Å². The van der Waals surface area contributed by atoms with Gasteiger partial charge in [-0.15, -0.1) is 0 Å². The van der Waals surface area contributed by atoms with Gasteiger partial charge in [0.05, 0.1) is 28.9 Å². The second-order valence-electron chi connectivity index (χ2n) is 9.88. The molecule has 4 aromatic rings. The smallest absolute Gasteiger partial charge is 0.301 e. The van der Waals surface area contributed by atoms with Crippen LogP contribution in [-0.2, 0) is 15.0 Å². The summed E-state index contributed by atoms with van der Waals surface area (Å²) in [7, 11) is 1.53. The monoisotopic (exact) mass is 516 g/mol. The standard InChI is InChI=1S/C29H25FN2O4S/c1-29(2,3)18-9-5-16(6-10-18)24-23(25(33)17-7-12-20(36-4)13-8-17)26(34)27(35)32(24)28-31-21-14-11-19(30)15-22(21)37-28/h5-15,24,33H,1-4H3. The number of anilines is 1. The van der Waals surface area contributed by atoms with Gasteiger partial charge in [0, 0.05) is 5.56 Å². The number of methoxy groups -OCH3 is 1. The van der Waals surface area contributed by atoms with Crippen molar-refractivity contribution >= 4 is 44.1 Å². The molecule has 6 nitrogen and oxygen atoms in total. The predicted octanol–water partition coefficient (Wildman–Crippen LogP) is 6.37. The number of aromatic nitrogens is 1. The van der Waals surface area contributed by atoms with E-state index in [1.165, 1.54) is 30.2 Å². The molecule has 2 heterocycles. The van der Waals surface area contributed by atoms with Crippen molar-refractivity contribution in [3.63, 3.8) is 0 Å². The summed E-state index contributed by atoms with van der Waals surface area (Å²) in [6.45, 7) is 6.29. The van der Waals surface area contributed by atoms with E-state index in [-0.39, 0.29) is 21.9 Å². The number of rotatable bonds is 4. The van der Waals surface area contributed by atoms with E-state index in [0.29, 0.717) is 27.1 Å². The molecule has 0 saturated carbocycles. The third-order valence-corrected chi connectivity index (χ3v) is 7.46. The number of ether oxygens (including phenoxy) is 1. The highest BCUT2D eigenvalue weighted by Crippen LogP contribution is 2.44. The van der Waals surface area contributed by atoms with E-state index in [9.17, 15) is 19.1 Å². The predicted molar refractivity (Wildman–Crippen MR) is 142 cm³/mol. The molecule has 0 aliphatic carbocycles. The number of carbonyl (C=O) groups is 2. The minimum atomic E-state index is -0.915. The van der Waals surface area contributed by atoms with Gasteiger partial charge >= 0.3 is 5.91 Å². The molecule has 8 heteroatoms. The molecule has 188 valence electrons. The Morgan fingerprint density at radius 3 is 2.32 bits per heavy atom. The summed E-state index contributed by atoms with van der Waals surface area (Å²) in [5.41, 5.74) is 2.48. The number of benzene rings is 3. The third-order valence-electron chi connectivity index (χ3n) is 6.45. The molecule has 37 heavy (non-hydrogen) atoms. The minimum Gasteiger partial charge on any atom is -0.507 e. The van der Waals surface area contributed by atoms with Crippen molar-refractivity contribution in [2.24, 2.45) is 0 Å². The van der Waals surface area contributed by atoms with E-state index in [2.05, 4.69) is 25.8 Å². The number of ketones is 1. The van der Waals surface area contributed by atoms with Crippen LogP contribution in [0.1, 0.15) is 43.5 Å². The van der Waals surface area contributed by atoms with Crippen molar-refractivity contribution in [2.45, 2.75) is 32.2 Å². The SMILES string of the molecule is COc1ccc(C(O)=C2C(=O)C(=O)N(c3nc4ccc(F)cc4s3)C2c2ccc(C(C)(C)C)cc2)cc1. The minimum absolute atomic E-state index is 0.0379. The number of Topliss-reactive ketones (excluding diaryl/α,β-unsaturated/α-hetero) is 1. The van der Waals surface area contributed by atoms with Crippen LogP contribution in [0.15, 0.2) is 72.3 Å². The number of hydrogen-bond acceptors (Lipinski definition) is 6. The van der Waals surface area contributed by atoms with Crippen LogP contribution in [-0.4, -0.2) is 28.9 Å². The van der Waals surface area contributed by atoms with Crippen molar-refractivity contribution in [1.29, 1.82) is 0 Å². The Hall–Kier alpha value is -4.04. The summed E-state index contributed by atoms with van der Waals surface area (Å²) in [5.74, 6) is -1.74. The summed E-state index contributed by atoms with van der Waals surface area (Å²) < 4.78 is 19.6. The maximum absolute atomic E-state index is 13.8. The number of fused-ring (bicyclic) bond motifs is 1. The van der Waals surface area contributed by atoms with Gasteiger partial charge in [-0.2, -0.15) is 0 Å². The van der Waals surface area contributed by atoms with Gasteiger partial charge in [0.2, 0.25) is 0 Å². The first-order chi connectivity index (χ1) is 17.6. The number of halogens is 1. The first-order valence-corrected chi connectivity index (χ1v) is 12.5. The molecule has 0 bridgehead atoms. The lowest BCUT2D eigenvalue weighted by atomic mass is 9.85. The average molecular weight is 517 g/mol. The molecule has 1 aromatic heterocycles. The quantitative estimate of drug-likeness (QED) is 0.194. The van der Waals surface area contributed by atoms with E-state index in [0.717, 1.165) is 16.9 Å². The van der Waals surface area contributed by atoms with Crippen molar-refractivity contribution in [1.82, 2.24) is 4.98 Å². The van der Waals surface area contributed by atoms with Gasteiger partial charge in [-0.25, -0.2) is 9.37 Å². The van der Waals surface area contributed by atoms with Gasteiger partial charge in [-0.3, -0.25) is 14.5 Å². The highest BCUT2D eigenvalue weighted by molar-refractivity contribution is 7.22. The lowest BCUT2D eigenvalue weighted by Crippen LogP contribution is -2.29. The Bertz CT molecular complexity index is 1550. The van der Waals surface area contributed by atoms with Gasteiger partial charge in [0.1, 0.15) is 17.3 Å². The Kier molecular flexibility index (Phi) is 6.07. The molecule has 1 atom stereocenters. The molecular formula is C29H25FN2O4S. The number of amides is 1. The molecule has 0 radical (unpaired) electrons. The highest BCUT2D eigenvalue weighted by atomic mass is 32.1. The molecule has 5 rings (SSSR count). The van der Waals surface area contributed by atoms with E-state index < -0.39 is 23.5 Å². The maximum atomic E-state index is 13.8. The van der Waals surface area contributed by atoms with Crippen LogP contribution in [0.4, 0.5) is 9.52 Å². The summed E-state index contributed by atoms with van der Waals surface area (Å²) >= 11 is 1.12. The maximum Gasteiger partial charge on any atom is 0.301 e. The highest BCUT2D eigenvalue weighted by Gasteiger charge is 2.48. The molecule has 0 spiro atoms. The second-order valence-corrected chi connectivity index (χ2v) is 10.9. The zero-order valence-corrected chi connectivity index (χ0v) is 21.6. The fourth-order valence-corrected chi connectivity index (χ4v) is 5.42. The molecular weight excluding hydrogens is 491 g/mol. The molecule has 1 aliphatic rings. The van der Waals surface area contributed by atoms with Crippen LogP contribution >= 0.6 is 11.3 Å². The number of nitrogens with zero attached hydrogens (tertiary/aromatic N) is 2. The van der Waals surface area contributed by atoms with E-state index >= 15 is 0 Å². The number of hydrogen-bond donors (Lipinski definition) is 1. The van der Waals surface area contributed by atoms with Crippen LogP contribution in [0.5, 0.6) is 5.75 Å². The van der Waals surface area contributed by atoms with Crippen LogP contribution in [0, 0.1) is 5.82 Å². The summed E-state index contributed by atoms with van der Waals surface area (Å²) in [6.07, 6.45) is 0. The lowest BCUT2D eigenvalue weighted by molar-refractivity contribution is -0.132. The van der Waals surface area contributed by atoms with Crippen molar-refractivity contribution in [3.8, 4) is 5.75 Å². The van der Waals surface area contributed by atoms with E-state index in [1.807, 2.05) is 24.3 Å². The normalized spacial score (nSPS) is 17.5. The average Bonchev–Trinajstić information content (AvgIpc) is 3.40. The van der Waals surface area contributed by atoms with Gasteiger partial charge in [0.15, 0.2) is 5.13 Å². The molecule has 1 fully saturated rings. The van der Waals surface area contributed by atoms with Crippen LogP contribution in [0.3, 0.4) is 0 Å². The molecule has 3 aromatic carbocycles. The van der Waals surface area contributed by atoms with E-state index in [4.69, 9.17) is 4.74 Å². The zero-order chi connectivity index (χ0) is 26.5. The Balaban J connectivity index is 1.70. The zero-order valence-electron chi connectivity index (χ0n) is 20.8. The van der Waals surface area contributed by atoms with Gasteiger partial charge in [-0.1, -0.05) is 56.4 Å². The van der Waals surface area contributed by atoms with Gasteiger partial charge in [0.25, 0.3) is 5.78 Å². The van der Waals surface area contributed by atoms with Crippen LogP contribution in [0.25, 0.3) is 16.0 Å². The molecule has 1 amide bonds. The number of aliphatic hydroxyl groups excluding tert-OH is 1. The van der Waals surface area contributed by atoms with E-state index in [1.54, 1.807) is 24.3 Å². The topological polar surface area (TPSA) is 79.7 Å². The summed E-state index contributed by atoms with van der Waals surface area (Å²) in [4.78, 5) is 32.6. The van der Waals surface area contributed by atoms with Crippen LogP contribution < -0.4 is 9.64 Å². The Labute approximate surface area is 217 Å². The Morgan fingerprint density at radius 2 is 1.70 bits per heavy atom. The molecule has 1 N–H and O–H groups in total. The molecule has 1 saturated heterocycles. The number of thiazole rings is 1. The Morgan fingerprint density at radius 1 is 1.03 bits per heavy atom. The first kappa shape index (κ1) is 24.6. The molecule has 1 unspecified atom stereocenters. The summed E-state index contributed by atoms with van der Waals surface area (Å²) in [6, 6.07) is 17.5. The largest absolute Gasteiger partial charge is 0.507 e. The van der Waals surface area contributed by atoms with Crippen molar-refractivity contribution in [2.75, 3.05) is 12.0 Å². The van der Waals surface area contributed by atoms with Crippen molar-refractivity contribution < 1.29 is 23.8 Å². The fraction of sp³-hybridized carbons (Fsp3) is 0.207. The number of carbonyl (C=O) groups excluding carboxylic acids is 2. The number of aliphatic hydroxyl groups is 1. The second kappa shape index (κ2) is 9.12. The van der Waals surface area contributed by atoms with Gasteiger partial charge in [-0.05, 0) is 59.0 Å².